The largest absolute Gasteiger partial charge is 0.494 e. The summed E-state index contributed by atoms with van der Waals surface area (Å²) >= 11 is 0. The van der Waals surface area contributed by atoms with Crippen molar-refractivity contribution >= 4 is 5.91 Å². The number of fused-ring (bicyclic) bond motifs is 1. The number of carbonyl (C=O) groups is 1. The summed E-state index contributed by atoms with van der Waals surface area (Å²) in [6.07, 6.45) is 2.13. The van der Waals surface area contributed by atoms with E-state index >= 15 is 0 Å². The molecule has 25 heavy (non-hydrogen) atoms. The number of carbonyl (C=O) groups excluding carboxylic acids is 1. The van der Waals surface area contributed by atoms with Crippen LogP contribution in [-0.2, 0) is 6.54 Å². The molecule has 0 bridgehead atoms. The van der Waals surface area contributed by atoms with Crippen molar-refractivity contribution in [3.63, 3.8) is 0 Å². The number of ether oxygens (including phenoxy) is 3. The molecule has 0 fully saturated rings. The fourth-order valence-corrected chi connectivity index (χ4v) is 2.63. The van der Waals surface area contributed by atoms with Crippen LogP contribution in [0.5, 0.6) is 17.2 Å². The van der Waals surface area contributed by atoms with Crippen LogP contribution < -0.4 is 14.2 Å². The SMILES string of the molecule is CCCCOc1ccc(C(=O)N(C)Cc2ccc3c(c2)OCO3)cc1. The van der Waals surface area contributed by atoms with E-state index in [1.165, 1.54) is 0 Å². The van der Waals surface area contributed by atoms with Gasteiger partial charge in [0.2, 0.25) is 6.79 Å². The maximum Gasteiger partial charge on any atom is 0.253 e. The Morgan fingerprint density at radius 3 is 2.64 bits per heavy atom. The number of rotatable bonds is 7. The molecule has 0 unspecified atom stereocenters. The van der Waals surface area contributed by atoms with Crippen LogP contribution in [0.25, 0.3) is 0 Å². The van der Waals surface area contributed by atoms with E-state index in [1.54, 1.807) is 24.1 Å². The van der Waals surface area contributed by atoms with Gasteiger partial charge in [-0.25, -0.2) is 0 Å². The van der Waals surface area contributed by atoms with Gasteiger partial charge in [0.05, 0.1) is 6.61 Å². The van der Waals surface area contributed by atoms with Gasteiger partial charge in [0.15, 0.2) is 11.5 Å². The molecule has 0 atom stereocenters. The second kappa shape index (κ2) is 7.92. The van der Waals surface area contributed by atoms with Gasteiger partial charge in [-0.15, -0.1) is 0 Å². The first-order valence-electron chi connectivity index (χ1n) is 8.54. The van der Waals surface area contributed by atoms with Crippen molar-refractivity contribution in [2.75, 3.05) is 20.4 Å². The molecule has 2 aromatic rings. The van der Waals surface area contributed by atoms with Crippen molar-refractivity contribution < 1.29 is 19.0 Å². The first-order valence-corrected chi connectivity index (χ1v) is 8.54. The van der Waals surface area contributed by atoms with E-state index in [1.807, 2.05) is 30.3 Å². The Hall–Kier alpha value is -2.69. The lowest BCUT2D eigenvalue weighted by atomic mass is 10.1. The number of nitrogens with zero attached hydrogens (tertiary/aromatic N) is 1. The third-order valence-electron chi connectivity index (χ3n) is 4.07. The van der Waals surface area contributed by atoms with E-state index in [4.69, 9.17) is 14.2 Å². The molecule has 5 heteroatoms. The summed E-state index contributed by atoms with van der Waals surface area (Å²) in [7, 11) is 1.79. The van der Waals surface area contributed by atoms with Crippen LogP contribution in [0.3, 0.4) is 0 Å². The molecule has 1 aliphatic rings. The minimum atomic E-state index is -0.0298. The van der Waals surface area contributed by atoms with Crippen LogP contribution in [0, 0.1) is 0 Å². The summed E-state index contributed by atoms with van der Waals surface area (Å²) in [5.41, 5.74) is 1.64. The third-order valence-corrected chi connectivity index (χ3v) is 4.07. The quantitative estimate of drug-likeness (QED) is 0.718. The summed E-state index contributed by atoms with van der Waals surface area (Å²) < 4.78 is 16.3. The monoisotopic (exact) mass is 341 g/mol. The lowest BCUT2D eigenvalue weighted by Gasteiger charge is -2.18. The molecule has 3 rings (SSSR count). The molecular formula is C20H23NO4. The Labute approximate surface area is 148 Å². The summed E-state index contributed by atoms with van der Waals surface area (Å²) in [6.45, 7) is 3.58. The molecule has 0 saturated carbocycles. The van der Waals surface area contributed by atoms with Gasteiger partial charge in [-0.05, 0) is 48.4 Å². The van der Waals surface area contributed by atoms with Crippen LogP contribution in [0.4, 0.5) is 0 Å². The van der Waals surface area contributed by atoms with Crippen LogP contribution >= 0.6 is 0 Å². The molecule has 0 N–H and O–H groups in total. The van der Waals surface area contributed by atoms with Crippen molar-refractivity contribution in [3.8, 4) is 17.2 Å². The lowest BCUT2D eigenvalue weighted by Crippen LogP contribution is -2.26. The smallest absolute Gasteiger partial charge is 0.253 e. The van der Waals surface area contributed by atoms with Crippen LogP contribution in [0.15, 0.2) is 42.5 Å². The average Bonchev–Trinajstić information content (AvgIpc) is 3.09. The Morgan fingerprint density at radius 2 is 1.88 bits per heavy atom. The van der Waals surface area contributed by atoms with Gasteiger partial charge in [-0.1, -0.05) is 19.4 Å². The average molecular weight is 341 g/mol. The van der Waals surface area contributed by atoms with Gasteiger partial charge in [0.1, 0.15) is 5.75 Å². The topological polar surface area (TPSA) is 48.0 Å². The first kappa shape index (κ1) is 17.1. The van der Waals surface area contributed by atoms with Gasteiger partial charge in [-0.2, -0.15) is 0 Å². The molecule has 0 spiro atoms. The van der Waals surface area contributed by atoms with Crippen molar-refractivity contribution in [2.24, 2.45) is 0 Å². The number of hydrogen-bond donors (Lipinski definition) is 0. The zero-order valence-corrected chi connectivity index (χ0v) is 14.7. The zero-order valence-electron chi connectivity index (χ0n) is 14.7. The molecule has 2 aromatic carbocycles. The molecule has 0 radical (unpaired) electrons. The second-order valence-electron chi connectivity index (χ2n) is 6.08. The van der Waals surface area contributed by atoms with Crippen molar-refractivity contribution in [3.05, 3.63) is 53.6 Å². The highest BCUT2D eigenvalue weighted by molar-refractivity contribution is 5.94. The highest BCUT2D eigenvalue weighted by atomic mass is 16.7. The molecule has 1 aliphatic heterocycles. The number of hydrogen-bond acceptors (Lipinski definition) is 4. The Morgan fingerprint density at radius 1 is 1.12 bits per heavy atom. The summed E-state index contributed by atoms with van der Waals surface area (Å²) in [5, 5.41) is 0. The van der Waals surface area contributed by atoms with Crippen LogP contribution in [0.1, 0.15) is 35.7 Å². The van der Waals surface area contributed by atoms with E-state index in [9.17, 15) is 4.79 Å². The van der Waals surface area contributed by atoms with E-state index in [-0.39, 0.29) is 12.7 Å². The Kier molecular flexibility index (Phi) is 5.43. The second-order valence-corrected chi connectivity index (χ2v) is 6.08. The minimum Gasteiger partial charge on any atom is -0.494 e. The maximum absolute atomic E-state index is 12.6. The fraction of sp³-hybridized carbons (Fsp3) is 0.350. The van der Waals surface area contributed by atoms with Gasteiger partial charge < -0.3 is 19.1 Å². The molecular weight excluding hydrogens is 318 g/mol. The molecule has 0 aromatic heterocycles. The Balaban J connectivity index is 1.60. The van der Waals surface area contributed by atoms with Crippen molar-refractivity contribution in [1.29, 1.82) is 0 Å². The summed E-state index contributed by atoms with van der Waals surface area (Å²) in [6, 6.07) is 13.0. The van der Waals surface area contributed by atoms with Gasteiger partial charge in [0, 0.05) is 19.2 Å². The predicted octanol–water partition coefficient (Wildman–Crippen LogP) is 3.87. The molecule has 132 valence electrons. The predicted molar refractivity (Wildman–Crippen MR) is 95.2 cm³/mol. The third kappa shape index (κ3) is 4.24. The van der Waals surface area contributed by atoms with E-state index in [0.29, 0.717) is 18.7 Å². The number of amides is 1. The number of unbranched alkanes of at least 4 members (excludes halogenated alkanes) is 1. The minimum absolute atomic E-state index is 0.0298. The Bertz CT molecular complexity index is 727. The molecule has 0 aliphatic carbocycles. The van der Waals surface area contributed by atoms with E-state index in [0.717, 1.165) is 35.7 Å². The lowest BCUT2D eigenvalue weighted by molar-refractivity contribution is 0.0785. The standard InChI is InChI=1S/C20H23NO4/c1-3-4-11-23-17-8-6-16(7-9-17)20(22)21(2)13-15-5-10-18-19(12-15)25-14-24-18/h5-10,12H,3-4,11,13-14H2,1-2H3. The normalized spacial score (nSPS) is 12.1. The van der Waals surface area contributed by atoms with Gasteiger partial charge >= 0.3 is 0 Å². The van der Waals surface area contributed by atoms with Gasteiger partial charge in [0.25, 0.3) is 5.91 Å². The van der Waals surface area contributed by atoms with E-state index in [2.05, 4.69) is 6.92 Å². The molecule has 5 nitrogen and oxygen atoms in total. The van der Waals surface area contributed by atoms with Crippen LogP contribution in [-0.4, -0.2) is 31.3 Å². The fourth-order valence-electron chi connectivity index (χ4n) is 2.63. The molecule has 0 saturated heterocycles. The highest BCUT2D eigenvalue weighted by Gasteiger charge is 2.16. The van der Waals surface area contributed by atoms with Crippen molar-refractivity contribution in [1.82, 2.24) is 4.90 Å². The van der Waals surface area contributed by atoms with E-state index < -0.39 is 0 Å². The first-order chi connectivity index (χ1) is 12.2. The van der Waals surface area contributed by atoms with Crippen LogP contribution in [0.2, 0.25) is 0 Å². The van der Waals surface area contributed by atoms with Crippen molar-refractivity contribution in [2.45, 2.75) is 26.3 Å². The number of benzene rings is 2. The summed E-state index contributed by atoms with van der Waals surface area (Å²) in [5.74, 6) is 2.24. The zero-order chi connectivity index (χ0) is 17.6. The maximum atomic E-state index is 12.6. The van der Waals surface area contributed by atoms with Gasteiger partial charge in [-0.3, -0.25) is 4.79 Å². The molecule has 1 heterocycles. The molecule has 1 amide bonds. The summed E-state index contributed by atoms with van der Waals surface area (Å²) in [4.78, 5) is 14.3. The highest BCUT2D eigenvalue weighted by Crippen LogP contribution is 2.32.